The lowest BCUT2D eigenvalue weighted by atomic mass is 9.99. The molecular formula is C13H25NO3Si. The molecule has 2 radical (unpaired) electrons. The zero-order valence-electron chi connectivity index (χ0n) is 11.5. The highest BCUT2D eigenvalue weighted by Gasteiger charge is 2.24. The molecule has 0 aromatic rings. The molecule has 104 valence electrons. The van der Waals surface area contributed by atoms with Gasteiger partial charge in [-0.2, -0.15) is 0 Å². The summed E-state index contributed by atoms with van der Waals surface area (Å²) in [7, 11) is 0.545. The molecule has 0 heterocycles. The lowest BCUT2D eigenvalue weighted by Gasteiger charge is -2.15. The SMILES string of the molecule is CCO[Si]CCCNC(=O)OCC1CCCC1C. The Balaban J connectivity index is 1.94. The van der Waals surface area contributed by atoms with Gasteiger partial charge in [0.25, 0.3) is 0 Å². The normalized spacial score (nSPS) is 23.0. The Morgan fingerprint density at radius 1 is 1.44 bits per heavy atom. The Morgan fingerprint density at radius 3 is 2.94 bits per heavy atom. The lowest BCUT2D eigenvalue weighted by Crippen LogP contribution is -2.28. The van der Waals surface area contributed by atoms with Gasteiger partial charge in [0.2, 0.25) is 9.76 Å². The second kappa shape index (κ2) is 9.39. The first-order valence-electron chi connectivity index (χ1n) is 6.99. The number of nitrogens with one attached hydrogen (secondary N) is 1. The molecule has 18 heavy (non-hydrogen) atoms. The monoisotopic (exact) mass is 271 g/mol. The van der Waals surface area contributed by atoms with Crippen molar-refractivity contribution in [1.29, 1.82) is 0 Å². The van der Waals surface area contributed by atoms with Crippen LogP contribution >= 0.6 is 0 Å². The van der Waals surface area contributed by atoms with E-state index < -0.39 is 0 Å². The maximum atomic E-state index is 11.4. The zero-order chi connectivity index (χ0) is 13.2. The van der Waals surface area contributed by atoms with Gasteiger partial charge in [-0.3, -0.25) is 0 Å². The molecule has 0 aliphatic heterocycles. The van der Waals surface area contributed by atoms with Crippen LogP contribution in [0.15, 0.2) is 0 Å². The summed E-state index contributed by atoms with van der Waals surface area (Å²) in [6.45, 7) is 6.26. The van der Waals surface area contributed by atoms with Crippen LogP contribution in [0.5, 0.6) is 0 Å². The van der Waals surface area contributed by atoms with Gasteiger partial charge in [0.1, 0.15) is 0 Å². The number of alkyl carbamates (subject to hydrolysis) is 1. The van der Waals surface area contributed by atoms with Crippen molar-refractivity contribution < 1.29 is 14.0 Å². The molecule has 1 N–H and O–H groups in total. The van der Waals surface area contributed by atoms with Crippen LogP contribution in [0.2, 0.25) is 6.04 Å². The molecule has 1 aliphatic rings. The van der Waals surface area contributed by atoms with Crippen molar-refractivity contribution in [3.8, 4) is 0 Å². The second-order valence-corrected chi connectivity index (χ2v) is 5.95. The summed E-state index contributed by atoms with van der Waals surface area (Å²) in [5, 5.41) is 2.79. The van der Waals surface area contributed by atoms with Gasteiger partial charge in [-0.25, -0.2) is 4.79 Å². The average molecular weight is 271 g/mol. The van der Waals surface area contributed by atoms with Crippen LogP contribution in [0.25, 0.3) is 0 Å². The van der Waals surface area contributed by atoms with E-state index in [0.29, 0.717) is 34.8 Å². The highest BCUT2D eigenvalue weighted by molar-refractivity contribution is 6.26. The maximum Gasteiger partial charge on any atom is 0.407 e. The number of hydrogen-bond donors (Lipinski definition) is 1. The lowest BCUT2D eigenvalue weighted by molar-refractivity contribution is 0.119. The van der Waals surface area contributed by atoms with Crippen LogP contribution in [-0.4, -0.2) is 35.6 Å². The van der Waals surface area contributed by atoms with Crippen molar-refractivity contribution >= 4 is 15.9 Å². The van der Waals surface area contributed by atoms with Crippen LogP contribution in [0.3, 0.4) is 0 Å². The Kier molecular flexibility index (Phi) is 8.09. The summed E-state index contributed by atoms with van der Waals surface area (Å²) in [5.41, 5.74) is 0. The van der Waals surface area contributed by atoms with E-state index in [1.807, 2.05) is 6.92 Å². The molecule has 0 aromatic heterocycles. The minimum atomic E-state index is -0.270. The van der Waals surface area contributed by atoms with Crippen LogP contribution in [-0.2, 0) is 9.16 Å². The zero-order valence-corrected chi connectivity index (χ0v) is 12.5. The topological polar surface area (TPSA) is 47.6 Å². The molecule has 0 spiro atoms. The minimum Gasteiger partial charge on any atom is -0.449 e. The van der Waals surface area contributed by atoms with Crippen molar-refractivity contribution in [2.24, 2.45) is 11.8 Å². The van der Waals surface area contributed by atoms with Crippen molar-refractivity contribution in [2.45, 2.75) is 45.6 Å². The van der Waals surface area contributed by atoms with Crippen molar-refractivity contribution in [1.82, 2.24) is 5.32 Å². The Morgan fingerprint density at radius 2 is 2.28 bits per heavy atom. The predicted octanol–water partition coefficient (Wildman–Crippen LogP) is 2.61. The van der Waals surface area contributed by atoms with E-state index in [2.05, 4.69) is 12.2 Å². The smallest absolute Gasteiger partial charge is 0.407 e. The Labute approximate surface area is 113 Å². The summed E-state index contributed by atoms with van der Waals surface area (Å²) in [5.74, 6) is 1.26. The number of carbonyl (C=O) groups is 1. The van der Waals surface area contributed by atoms with E-state index >= 15 is 0 Å². The molecule has 1 amide bonds. The molecule has 0 saturated heterocycles. The molecule has 2 unspecified atom stereocenters. The first-order valence-corrected chi connectivity index (χ1v) is 8.10. The summed E-state index contributed by atoms with van der Waals surface area (Å²) in [6, 6.07) is 1.01. The van der Waals surface area contributed by atoms with Crippen molar-refractivity contribution in [3.63, 3.8) is 0 Å². The molecule has 0 aromatic carbocycles. The van der Waals surface area contributed by atoms with Gasteiger partial charge in [0.05, 0.1) is 6.61 Å². The molecule has 5 heteroatoms. The van der Waals surface area contributed by atoms with Gasteiger partial charge in [0, 0.05) is 13.2 Å². The fraction of sp³-hybridized carbons (Fsp3) is 0.923. The molecular weight excluding hydrogens is 246 g/mol. The molecule has 4 nitrogen and oxygen atoms in total. The third-order valence-corrected chi connectivity index (χ3v) is 4.49. The van der Waals surface area contributed by atoms with Crippen molar-refractivity contribution in [3.05, 3.63) is 0 Å². The number of hydrogen-bond acceptors (Lipinski definition) is 3. The van der Waals surface area contributed by atoms with Crippen LogP contribution in [0.1, 0.15) is 39.5 Å². The van der Waals surface area contributed by atoms with E-state index in [1.165, 1.54) is 19.3 Å². The van der Waals surface area contributed by atoms with E-state index in [1.54, 1.807) is 0 Å². The fourth-order valence-electron chi connectivity index (χ4n) is 2.23. The molecule has 0 bridgehead atoms. The third kappa shape index (κ3) is 6.40. The van der Waals surface area contributed by atoms with E-state index in [-0.39, 0.29) is 6.09 Å². The van der Waals surface area contributed by atoms with Gasteiger partial charge in [-0.1, -0.05) is 19.8 Å². The number of ether oxygens (including phenoxy) is 1. The van der Waals surface area contributed by atoms with Gasteiger partial charge in [0.15, 0.2) is 0 Å². The molecule has 1 aliphatic carbocycles. The quantitative estimate of drug-likeness (QED) is 0.545. The van der Waals surface area contributed by atoms with Crippen LogP contribution in [0.4, 0.5) is 4.79 Å². The van der Waals surface area contributed by atoms with Gasteiger partial charge in [-0.15, -0.1) is 0 Å². The Hall–Kier alpha value is -0.553. The highest BCUT2D eigenvalue weighted by Crippen LogP contribution is 2.31. The minimum absolute atomic E-state index is 0.270. The summed E-state index contributed by atoms with van der Waals surface area (Å²) < 4.78 is 10.5. The van der Waals surface area contributed by atoms with E-state index in [9.17, 15) is 4.79 Å². The number of rotatable bonds is 8. The fourth-order valence-corrected chi connectivity index (χ4v) is 2.90. The maximum absolute atomic E-state index is 11.4. The van der Waals surface area contributed by atoms with Crippen LogP contribution < -0.4 is 5.32 Å². The van der Waals surface area contributed by atoms with Crippen LogP contribution in [0, 0.1) is 11.8 Å². The number of carbonyl (C=O) groups excluding carboxylic acids is 1. The summed E-state index contributed by atoms with van der Waals surface area (Å²) in [6.07, 6.45) is 4.43. The average Bonchev–Trinajstić information content (AvgIpc) is 2.77. The highest BCUT2D eigenvalue weighted by atomic mass is 28.2. The standard InChI is InChI=1S/C13H25NO3Si/c1-3-17-18-9-5-8-14-13(15)16-10-12-7-4-6-11(12)2/h11-12H,3-10H2,1-2H3,(H,14,15). The summed E-state index contributed by atoms with van der Waals surface area (Å²) >= 11 is 0. The summed E-state index contributed by atoms with van der Waals surface area (Å²) in [4.78, 5) is 11.4. The van der Waals surface area contributed by atoms with Crippen molar-refractivity contribution in [2.75, 3.05) is 19.8 Å². The third-order valence-electron chi connectivity index (χ3n) is 3.44. The van der Waals surface area contributed by atoms with Gasteiger partial charge >= 0.3 is 6.09 Å². The molecule has 1 saturated carbocycles. The van der Waals surface area contributed by atoms with Gasteiger partial charge in [-0.05, 0) is 37.6 Å². The van der Waals surface area contributed by atoms with E-state index in [4.69, 9.17) is 9.16 Å². The van der Waals surface area contributed by atoms with Gasteiger partial charge < -0.3 is 14.5 Å². The molecule has 1 fully saturated rings. The molecule has 2 atom stereocenters. The van der Waals surface area contributed by atoms with E-state index in [0.717, 1.165) is 19.1 Å². The predicted molar refractivity (Wildman–Crippen MR) is 72.7 cm³/mol. The molecule has 1 rings (SSSR count). The first kappa shape index (κ1) is 15.5. The second-order valence-electron chi connectivity index (χ2n) is 4.87. The Bertz CT molecular complexity index is 238. The number of amides is 1. The largest absolute Gasteiger partial charge is 0.449 e. The first-order chi connectivity index (χ1) is 8.74.